The van der Waals surface area contributed by atoms with Crippen molar-refractivity contribution < 1.29 is 9.90 Å². The molecular weight excluding hydrogens is 334 g/mol. The molecule has 1 saturated heterocycles. The van der Waals surface area contributed by atoms with Crippen molar-refractivity contribution in [1.82, 2.24) is 14.5 Å². The van der Waals surface area contributed by atoms with Crippen molar-refractivity contribution in [3.05, 3.63) is 61.9 Å². The highest BCUT2D eigenvalue weighted by atomic mass is 16.4. The summed E-state index contributed by atoms with van der Waals surface area (Å²) in [4.78, 5) is 41.4. The Labute approximate surface area is 150 Å². The SMILES string of the molecule is CCc1ccc(-n2c(=O)[nH]c(C(=O)O)c(CN3CCCCC3)c2=O)cc1. The first-order valence-electron chi connectivity index (χ1n) is 8.94. The zero-order valence-electron chi connectivity index (χ0n) is 14.8. The third-order valence-electron chi connectivity index (χ3n) is 4.85. The van der Waals surface area contributed by atoms with Crippen LogP contribution in [0, 0.1) is 0 Å². The molecule has 1 fully saturated rings. The number of nitrogens with zero attached hydrogens (tertiary/aromatic N) is 2. The molecule has 26 heavy (non-hydrogen) atoms. The van der Waals surface area contributed by atoms with E-state index < -0.39 is 17.2 Å². The molecule has 0 unspecified atom stereocenters. The molecule has 1 aromatic carbocycles. The number of benzene rings is 1. The van der Waals surface area contributed by atoms with Gasteiger partial charge in [0.25, 0.3) is 5.56 Å². The Morgan fingerprint density at radius 1 is 1.12 bits per heavy atom. The van der Waals surface area contributed by atoms with Crippen molar-refractivity contribution in [2.75, 3.05) is 13.1 Å². The van der Waals surface area contributed by atoms with Crippen LogP contribution in [-0.2, 0) is 13.0 Å². The van der Waals surface area contributed by atoms with E-state index in [2.05, 4.69) is 9.88 Å². The standard InChI is InChI=1S/C19H23N3O4/c1-2-13-6-8-14(9-7-13)22-17(23)15(12-21-10-4-3-5-11-21)16(18(24)25)20-19(22)26/h6-9H,2-5,10-12H2,1H3,(H,20,26)(H,24,25). The molecule has 2 N–H and O–H groups in total. The fourth-order valence-electron chi connectivity index (χ4n) is 3.36. The third kappa shape index (κ3) is 3.62. The molecule has 0 spiro atoms. The summed E-state index contributed by atoms with van der Waals surface area (Å²) in [7, 11) is 0. The summed E-state index contributed by atoms with van der Waals surface area (Å²) in [6, 6.07) is 7.13. The number of nitrogens with one attached hydrogen (secondary N) is 1. The van der Waals surface area contributed by atoms with Crippen molar-refractivity contribution in [3.63, 3.8) is 0 Å². The zero-order chi connectivity index (χ0) is 18.7. The Morgan fingerprint density at radius 2 is 1.77 bits per heavy atom. The highest BCUT2D eigenvalue weighted by molar-refractivity contribution is 5.86. The highest BCUT2D eigenvalue weighted by Crippen LogP contribution is 2.13. The summed E-state index contributed by atoms with van der Waals surface area (Å²) in [5.41, 5.74) is 0.0322. The predicted molar refractivity (Wildman–Crippen MR) is 98.1 cm³/mol. The third-order valence-corrected chi connectivity index (χ3v) is 4.85. The van der Waals surface area contributed by atoms with Crippen LogP contribution in [0.25, 0.3) is 5.69 Å². The lowest BCUT2D eigenvalue weighted by Gasteiger charge is -2.26. The lowest BCUT2D eigenvalue weighted by Crippen LogP contribution is -2.41. The second-order valence-corrected chi connectivity index (χ2v) is 6.59. The Bertz CT molecular complexity index is 906. The second-order valence-electron chi connectivity index (χ2n) is 6.59. The maximum atomic E-state index is 13.0. The van der Waals surface area contributed by atoms with E-state index in [0.29, 0.717) is 5.69 Å². The van der Waals surface area contributed by atoms with Crippen LogP contribution in [0.4, 0.5) is 0 Å². The molecule has 0 bridgehead atoms. The van der Waals surface area contributed by atoms with Gasteiger partial charge in [0.1, 0.15) is 5.69 Å². The number of aromatic carboxylic acids is 1. The van der Waals surface area contributed by atoms with Crippen molar-refractivity contribution in [2.24, 2.45) is 0 Å². The zero-order valence-corrected chi connectivity index (χ0v) is 14.8. The van der Waals surface area contributed by atoms with E-state index in [1.165, 1.54) is 0 Å². The minimum Gasteiger partial charge on any atom is -0.477 e. The van der Waals surface area contributed by atoms with Crippen molar-refractivity contribution in [2.45, 2.75) is 39.2 Å². The molecule has 1 aromatic heterocycles. The smallest absolute Gasteiger partial charge is 0.352 e. The maximum Gasteiger partial charge on any atom is 0.352 e. The Kier molecular flexibility index (Phi) is 5.37. The normalized spacial score (nSPS) is 15.1. The molecule has 0 saturated carbocycles. The number of aromatic nitrogens is 2. The minimum absolute atomic E-state index is 0.124. The molecular formula is C19H23N3O4. The van der Waals surface area contributed by atoms with Crippen LogP contribution >= 0.6 is 0 Å². The van der Waals surface area contributed by atoms with Gasteiger partial charge in [-0.3, -0.25) is 9.69 Å². The quantitative estimate of drug-likeness (QED) is 0.850. The van der Waals surface area contributed by atoms with Crippen molar-refractivity contribution in [1.29, 1.82) is 0 Å². The lowest BCUT2D eigenvalue weighted by molar-refractivity contribution is 0.0686. The van der Waals surface area contributed by atoms with Crippen molar-refractivity contribution >= 4 is 5.97 Å². The molecule has 7 heteroatoms. The number of hydrogen-bond donors (Lipinski definition) is 2. The Balaban J connectivity index is 2.10. The van der Waals surface area contributed by atoms with Crippen LogP contribution in [0.3, 0.4) is 0 Å². The summed E-state index contributed by atoms with van der Waals surface area (Å²) in [6.07, 6.45) is 4.04. The van der Waals surface area contributed by atoms with Crippen LogP contribution in [0.15, 0.2) is 33.9 Å². The average Bonchev–Trinajstić information content (AvgIpc) is 2.65. The van der Waals surface area contributed by atoms with Gasteiger partial charge in [-0.15, -0.1) is 0 Å². The fraction of sp³-hybridized carbons (Fsp3) is 0.421. The van der Waals surface area contributed by atoms with E-state index in [1.807, 2.05) is 19.1 Å². The molecule has 2 heterocycles. The van der Waals surface area contributed by atoms with Gasteiger partial charge in [0.15, 0.2) is 0 Å². The lowest BCUT2D eigenvalue weighted by atomic mass is 10.1. The van der Waals surface area contributed by atoms with E-state index in [9.17, 15) is 19.5 Å². The van der Waals surface area contributed by atoms with Gasteiger partial charge >= 0.3 is 11.7 Å². The molecule has 138 valence electrons. The molecule has 1 aliphatic rings. The number of H-pyrrole nitrogens is 1. The largest absolute Gasteiger partial charge is 0.477 e. The number of rotatable bonds is 5. The van der Waals surface area contributed by atoms with Crippen LogP contribution in [0.2, 0.25) is 0 Å². The van der Waals surface area contributed by atoms with Crippen molar-refractivity contribution in [3.8, 4) is 5.69 Å². The first-order valence-corrected chi connectivity index (χ1v) is 8.94. The molecule has 1 aliphatic heterocycles. The van der Waals surface area contributed by atoms with Gasteiger partial charge in [-0.2, -0.15) is 0 Å². The number of hydrogen-bond acceptors (Lipinski definition) is 4. The highest BCUT2D eigenvalue weighted by Gasteiger charge is 2.22. The van der Waals surface area contributed by atoms with Gasteiger partial charge in [-0.05, 0) is 50.0 Å². The topological polar surface area (TPSA) is 95.4 Å². The fourth-order valence-corrected chi connectivity index (χ4v) is 3.36. The summed E-state index contributed by atoms with van der Waals surface area (Å²) >= 11 is 0. The minimum atomic E-state index is -1.29. The van der Waals surface area contributed by atoms with E-state index in [-0.39, 0.29) is 17.8 Å². The number of aryl methyl sites for hydroxylation is 1. The van der Waals surface area contributed by atoms with Crippen LogP contribution in [0.5, 0.6) is 0 Å². The molecule has 0 atom stereocenters. The predicted octanol–water partition coefficient (Wildman–Crippen LogP) is 1.77. The second kappa shape index (κ2) is 7.70. The number of aromatic amines is 1. The number of carbonyl (C=O) groups is 1. The van der Waals surface area contributed by atoms with E-state index in [0.717, 1.165) is 48.9 Å². The van der Waals surface area contributed by atoms with E-state index in [1.54, 1.807) is 12.1 Å². The van der Waals surface area contributed by atoms with Crippen LogP contribution in [0.1, 0.15) is 47.8 Å². The molecule has 3 rings (SSSR count). The van der Waals surface area contributed by atoms with Crippen LogP contribution in [-0.4, -0.2) is 38.6 Å². The van der Waals surface area contributed by atoms with Gasteiger partial charge in [0.05, 0.1) is 11.3 Å². The molecule has 0 amide bonds. The number of piperidine rings is 1. The van der Waals surface area contributed by atoms with Gasteiger partial charge < -0.3 is 10.1 Å². The number of carboxylic acids is 1. The average molecular weight is 357 g/mol. The van der Waals surface area contributed by atoms with E-state index in [4.69, 9.17) is 0 Å². The summed E-state index contributed by atoms with van der Waals surface area (Å²) < 4.78 is 1.02. The summed E-state index contributed by atoms with van der Waals surface area (Å²) in [6.45, 7) is 3.89. The molecule has 7 nitrogen and oxygen atoms in total. The molecule has 2 aromatic rings. The van der Waals surface area contributed by atoms with Gasteiger partial charge in [-0.1, -0.05) is 25.5 Å². The Hall–Kier alpha value is -2.67. The maximum absolute atomic E-state index is 13.0. The summed E-state index contributed by atoms with van der Waals surface area (Å²) in [5, 5.41) is 9.44. The van der Waals surface area contributed by atoms with Gasteiger partial charge in [0.2, 0.25) is 0 Å². The molecule has 0 radical (unpaired) electrons. The number of carboxylic acid groups (broad SMARTS) is 1. The summed E-state index contributed by atoms with van der Waals surface area (Å²) in [5.74, 6) is -1.29. The molecule has 0 aliphatic carbocycles. The Morgan fingerprint density at radius 3 is 2.35 bits per heavy atom. The first-order chi connectivity index (χ1) is 12.5. The first kappa shape index (κ1) is 18.1. The van der Waals surface area contributed by atoms with Gasteiger partial charge in [-0.25, -0.2) is 14.2 Å². The monoisotopic (exact) mass is 357 g/mol. The van der Waals surface area contributed by atoms with Gasteiger partial charge in [0, 0.05) is 6.54 Å². The van der Waals surface area contributed by atoms with Crippen LogP contribution < -0.4 is 11.2 Å². The number of likely N-dealkylation sites (tertiary alicyclic amines) is 1. The van der Waals surface area contributed by atoms with E-state index >= 15 is 0 Å².